The standard InChI is InChI=1S/C20H36O8P2/c1-15(10-14-27-30(25,26)28-29(22,23)24)7-8-17-19(4)12-6-11-18(2,3)16(19)9-13-20(17,5)21/h9-10,17,21H,6-8,11-14H2,1-5H3,(H,25,26)(H2,22,23,24)/b15-10+. The lowest BCUT2D eigenvalue weighted by Gasteiger charge is -2.56. The van der Waals surface area contributed by atoms with Gasteiger partial charge in [-0.15, -0.1) is 0 Å². The van der Waals surface area contributed by atoms with E-state index in [0.29, 0.717) is 12.8 Å². The monoisotopic (exact) mass is 466 g/mol. The number of phosphoric acid groups is 2. The molecule has 0 spiro atoms. The maximum Gasteiger partial charge on any atom is 0.481 e. The van der Waals surface area contributed by atoms with Crippen LogP contribution < -0.4 is 0 Å². The fourth-order valence-electron chi connectivity index (χ4n) is 5.48. The molecule has 2 aliphatic carbocycles. The fourth-order valence-corrected chi connectivity index (χ4v) is 7.01. The Morgan fingerprint density at radius 2 is 1.83 bits per heavy atom. The number of hydrogen-bond acceptors (Lipinski definition) is 5. The molecule has 0 heterocycles. The van der Waals surface area contributed by atoms with Crippen molar-refractivity contribution in [1.82, 2.24) is 0 Å². The van der Waals surface area contributed by atoms with Crippen LogP contribution in [0.5, 0.6) is 0 Å². The number of aliphatic hydroxyl groups is 1. The van der Waals surface area contributed by atoms with Crippen LogP contribution in [0.1, 0.15) is 73.1 Å². The quantitative estimate of drug-likeness (QED) is 0.295. The number of phosphoric ester groups is 1. The number of fused-ring (bicyclic) bond motifs is 1. The molecule has 10 heteroatoms. The molecule has 8 nitrogen and oxygen atoms in total. The highest BCUT2D eigenvalue weighted by Crippen LogP contribution is 2.61. The third-order valence-corrected chi connectivity index (χ3v) is 8.94. The predicted molar refractivity (Wildman–Crippen MR) is 114 cm³/mol. The first-order valence-corrected chi connectivity index (χ1v) is 13.3. The summed E-state index contributed by atoms with van der Waals surface area (Å²) < 4.78 is 30.6. The molecule has 0 radical (unpaired) electrons. The van der Waals surface area contributed by atoms with E-state index in [4.69, 9.17) is 9.79 Å². The van der Waals surface area contributed by atoms with Crippen molar-refractivity contribution >= 4 is 15.6 Å². The van der Waals surface area contributed by atoms with Gasteiger partial charge in [-0.1, -0.05) is 50.5 Å². The smallest absolute Gasteiger partial charge is 0.390 e. The van der Waals surface area contributed by atoms with Gasteiger partial charge in [0.15, 0.2) is 0 Å². The van der Waals surface area contributed by atoms with Gasteiger partial charge in [0.2, 0.25) is 0 Å². The molecule has 0 saturated heterocycles. The maximum atomic E-state index is 11.5. The summed E-state index contributed by atoms with van der Waals surface area (Å²) in [6.45, 7) is 10.3. The van der Waals surface area contributed by atoms with E-state index < -0.39 is 21.2 Å². The summed E-state index contributed by atoms with van der Waals surface area (Å²) in [5.74, 6) is 0.0794. The van der Waals surface area contributed by atoms with Gasteiger partial charge >= 0.3 is 15.6 Å². The molecule has 4 N–H and O–H groups in total. The average Bonchev–Trinajstić information content (AvgIpc) is 2.50. The molecule has 2 aliphatic rings. The van der Waals surface area contributed by atoms with Crippen molar-refractivity contribution in [2.75, 3.05) is 6.61 Å². The van der Waals surface area contributed by atoms with E-state index in [1.165, 1.54) is 5.57 Å². The largest absolute Gasteiger partial charge is 0.481 e. The minimum atomic E-state index is -5.12. The molecule has 4 unspecified atom stereocenters. The van der Waals surface area contributed by atoms with Crippen molar-refractivity contribution in [2.24, 2.45) is 16.7 Å². The molecule has 0 bridgehead atoms. The Morgan fingerprint density at radius 3 is 2.43 bits per heavy atom. The normalized spacial score (nSPS) is 34.1. The third kappa shape index (κ3) is 6.36. The molecule has 0 aromatic heterocycles. The van der Waals surface area contributed by atoms with Gasteiger partial charge in [0, 0.05) is 0 Å². The zero-order chi connectivity index (χ0) is 23.0. The lowest BCUT2D eigenvalue weighted by Crippen LogP contribution is -2.52. The Morgan fingerprint density at radius 1 is 1.20 bits per heavy atom. The van der Waals surface area contributed by atoms with E-state index in [0.717, 1.165) is 31.3 Å². The van der Waals surface area contributed by atoms with Crippen molar-refractivity contribution < 1.29 is 37.8 Å². The van der Waals surface area contributed by atoms with E-state index in [2.05, 4.69) is 35.7 Å². The first kappa shape index (κ1) is 26.0. The maximum absolute atomic E-state index is 11.5. The molecule has 1 saturated carbocycles. The van der Waals surface area contributed by atoms with Gasteiger partial charge in [0.1, 0.15) is 0 Å². The molecule has 174 valence electrons. The highest BCUT2D eigenvalue weighted by Gasteiger charge is 2.53. The zero-order valence-electron chi connectivity index (χ0n) is 18.5. The van der Waals surface area contributed by atoms with Crippen molar-refractivity contribution in [2.45, 2.75) is 78.7 Å². The van der Waals surface area contributed by atoms with Gasteiger partial charge in [0.05, 0.1) is 12.2 Å². The van der Waals surface area contributed by atoms with E-state index in [9.17, 15) is 19.1 Å². The van der Waals surface area contributed by atoms with Crippen LogP contribution in [0.3, 0.4) is 0 Å². The van der Waals surface area contributed by atoms with E-state index in [1.54, 1.807) is 6.08 Å². The van der Waals surface area contributed by atoms with Crippen molar-refractivity contribution in [3.8, 4) is 0 Å². The summed E-state index contributed by atoms with van der Waals surface area (Å²) >= 11 is 0. The fraction of sp³-hybridized carbons (Fsp3) is 0.800. The summed E-state index contributed by atoms with van der Waals surface area (Å²) in [5.41, 5.74) is 1.59. The number of allylic oxidation sites excluding steroid dienone is 2. The first-order chi connectivity index (χ1) is 13.5. The highest BCUT2D eigenvalue weighted by molar-refractivity contribution is 7.60. The van der Waals surface area contributed by atoms with Crippen LogP contribution in [0.2, 0.25) is 0 Å². The van der Waals surface area contributed by atoms with E-state index in [1.807, 2.05) is 13.8 Å². The molecule has 4 atom stereocenters. The van der Waals surface area contributed by atoms with Gasteiger partial charge in [0.25, 0.3) is 0 Å². The number of rotatable bonds is 8. The Bertz CT molecular complexity index is 795. The second-order valence-electron chi connectivity index (χ2n) is 9.81. The zero-order valence-corrected chi connectivity index (χ0v) is 20.3. The van der Waals surface area contributed by atoms with Crippen molar-refractivity contribution in [3.05, 3.63) is 23.3 Å². The van der Waals surface area contributed by atoms with Crippen LogP contribution in [0, 0.1) is 16.7 Å². The molecule has 2 rings (SSSR count). The molecule has 0 amide bonds. The lowest BCUT2D eigenvalue weighted by molar-refractivity contribution is -0.0742. The van der Waals surface area contributed by atoms with Crippen molar-refractivity contribution in [1.29, 1.82) is 0 Å². The minimum Gasteiger partial charge on any atom is -0.390 e. The highest BCUT2D eigenvalue weighted by atomic mass is 31.3. The van der Waals surface area contributed by atoms with Crippen LogP contribution in [0.25, 0.3) is 0 Å². The van der Waals surface area contributed by atoms with E-state index >= 15 is 0 Å². The summed E-state index contributed by atoms with van der Waals surface area (Å²) in [5, 5.41) is 11.2. The Balaban J connectivity index is 2.04. The summed E-state index contributed by atoms with van der Waals surface area (Å²) in [4.78, 5) is 26.6. The van der Waals surface area contributed by atoms with Gasteiger partial charge in [-0.25, -0.2) is 9.13 Å². The summed E-state index contributed by atoms with van der Waals surface area (Å²) in [6.07, 6.45) is 9.21. The van der Waals surface area contributed by atoms with Crippen LogP contribution in [0.15, 0.2) is 23.3 Å². The number of hydrogen-bond donors (Lipinski definition) is 4. The summed E-state index contributed by atoms with van der Waals surface area (Å²) in [6, 6.07) is 0. The van der Waals surface area contributed by atoms with Crippen LogP contribution in [-0.4, -0.2) is 32.0 Å². The van der Waals surface area contributed by atoms with Gasteiger partial charge in [-0.2, -0.15) is 4.31 Å². The average molecular weight is 466 g/mol. The van der Waals surface area contributed by atoms with Crippen LogP contribution in [0.4, 0.5) is 0 Å². The Labute approximate surface area is 179 Å². The second-order valence-corrected chi connectivity index (χ2v) is 12.6. The van der Waals surface area contributed by atoms with Crippen molar-refractivity contribution in [3.63, 3.8) is 0 Å². The second kappa shape index (κ2) is 8.92. The summed E-state index contributed by atoms with van der Waals surface area (Å²) in [7, 11) is -9.96. The minimum absolute atomic E-state index is 0.0711. The SMILES string of the molecule is C/C(=C\COP(=O)(O)OP(=O)(O)O)CCC1C(C)(O)CC=C2C(C)(C)CCCC21C. The van der Waals surface area contributed by atoms with E-state index in [-0.39, 0.29) is 23.4 Å². The molecule has 30 heavy (non-hydrogen) atoms. The molecular weight excluding hydrogens is 430 g/mol. The van der Waals surface area contributed by atoms with Gasteiger partial charge in [-0.3, -0.25) is 4.52 Å². The molecule has 0 aromatic carbocycles. The molecule has 0 aliphatic heterocycles. The van der Waals surface area contributed by atoms with Gasteiger partial charge < -0.3 is 19.8 Å². The van der Waals surface area contributed by atoms with Gasteiger partial charge in [-0.05, 0) is 62.7 Å². The first-order valence-electron chi connectivity index (χ1n) is 10.3. The predicted octanol–water partition coefficient (Wildman–Crippen LogP) is 4.85. The Kier molecular flexibility index (Phi) is 7.71. The Hall–Kier alpha value is -0.300. The topological polar surface area (TPSA) is 134 Å². The molecular formula is C20H36O8P2. The lowest BCUT2D eigenvalue weighted by atomic mass is 9.49. The van der Waals surface area contributed by atoms with Crippen LogP contribution in [-0.2, 0) is 18.0 Å². The molecule has 1 fully saturated rings. The molecule has 0 aromatic rings. The third-order valence-electron chi connectivity index (χ3n) is 6.79. The van der Waals surface area contributed by atoms with Crippen LogP contribution >= 0.6 is 15.6 Å².